The quantitative estimate of drug-likeness (QED) is 0.0926. The largest absolute Gasteiger partial charge is 0.510 e. The van der Waals surface area contributed by atoms with Crippen LogP contribution in [0.1, 0.15) is 48.5 Å². The van der Waals surface area contributed by atoms with Crippen molar-refractivity contribution in [2.45, 2.75) is 73.3 Å². The second kappa shape index (κ2) is 18.0. The van der Waals surface area contributed by atoms with Crippen molar-refractivity contribution in [1.29, 1.82) is 0 Å². The first-order chi connectivity index (χ1) is 20.8. The lowest BCUT2D eigenvalue weighted by Crippen LogP contribution is -2.36. The summed E-state index contributed by atoms with van der Waals surface area (Å²) in [6.45, 7) is 12.1. The maximum absolute atomic E-state index is 13.5. The molecule has 3 atom stereocenters. The molecule has 0 spiro atoms. The van der Waals surface area contributed by atoms with E-state index in [4.69, 9.17) is 39.4 Å². The number of rotatable bonds is 15. The molecule has 2 aromatic heterocycles. The Bertz CT molecular complexity index is 1360. The Hall–Kier alpha value is -4.12. The van der Waals surface area contributed by atoms with Gasteiger partial charge in [-0.15, -0.1) is 0 Å². The van der Waals surface area contributed by atoms with E-state index in [9.17, 15) is 23.7 Å². The molecule has 0 saturated carbocycles. The third kappa shape index (κ3) is 16.0. The molecule has 0 aliphatic heterocycles. The van der Waals surface area contributed by atoms with E-state index in [1.165, 1.54) is 13.3 Å². The Morgan fingerprint density at radius 2 is 1.67 bits per heavy atom. The fourth-order valence-corrected chi connectivity index (χ4v) is 4.58. The second-order valence-corrected chi connectivity index (χ2v) is 13.1. The van der Waals surface area contributed by atoms with Crippen LogP contribution in [0.4, 0.5) is 10.6 Å². The van der Waals surface area contributed by atoms with Gasteiger partial charge in [-0.3, -0.25) is 13.9 Å². The van der Waals surface area contributed by atoms with Crippen molar-refractivity contribution < 1.29 is 57.4 Å². The van der Waals surface area contributed by atoms with Crippen LogP contribution in [0.25, 0.3) is 11.2 Å². The fourth-order valence-electron chi connectivity index (χ4n) is 2.99. The number of carboxylic acid groups (broad SMARTS) is 2. The van der Waals surface area contributed by atoms with Crippen LogP contribution in [-0.4, -0.2) is 91.8 Å². The van der Waals surface area contributed by atoms with Gasteiger partial charge in [0.2, 0.25) is 6.79 Å². The zero-order valence-corrected chi connectivity index (χ0v) is 27.1. The van der Waals surface area contributed by atoms with Gasteiger partial charge in [0.15, 0.2) is 11.5 Å². The van der Waals surface area contributed by atoms with Crippen LogP contribution in [0.2, 0.25) is 0 Å². The topological polar surface area (TPSA) is 254 Å². The number of hydrogen-bond acceptors (Lipinski definition) is 14. The monoisotopic (exact) mass is 660 g/mol. The first-order valence-electron chi connectivity index (χ1n) is 13.5. The van der Waals surface area contributed by atoms with Crippen LogP contribution in [0.15, 0.2) is 24.8 Å². The van der Waals surface area contributed by atoms with E-state index in [2.05, 4.69) is 20.0 Å². The minimum atomic E-state index is -3.86. The number of nitrogen functional groups attached to an aromatic ring is 1. The molecule has 252 valence electrons. The van der Waals surface area contributed by atoms with E-state index in [1.807, 2.05) is 20.8 Å². The van der Waals surface area contributed by atoms with Crippen molar-refractivity contribution in [3.63, 3.8) is 0 Å². The highest BCUT2D eigenvalue weighted by Gasteiger charge is 2.31. The van der Waals surface area contributed by atoms with Crippen molar-refractivity contribution in [2.24, 2.45) is 5.41 Å². The average Bonchev–Trinajstić information content (AvgIpc) is 3.32. The molecule has 45 heavy (non-hydrogen) atoms. The SMILES string of the molecule is CC(C)OC(=O)OCOP(=O)(CO[C@H](C)Cn1cnc2c(N)ncnc21)N[C@@H](C)C(=O)OCC(C)(C)C.O=C(O)/C=C/C(=O)O. The van der Waals surface area contributed by atoms with Crippen molar-refractivity contribution in [1.82, 2.24) is 24.6 Å². The molecule has 0 saturated heterocycles. The lowest BCUT2D eigenvalue weighted by molar-refractivity contribution is -0.148. The molecule has 2 rings (SSSR count). The molecule has 5 N–H and O–H groups in total. The molecule has 2 aromatic rings. The molecule has 0 bridgehead atoms. The number of nitrogens with one attached hydrogen (secondary N) is 1. The summed E-state index contributed by atoms with van der Waals surface area (Å²) >= 11 is 0. The highest BCUT2D eigenvalue weighted by Crippen LogP contribution is 2.43. The zero-order valence-electron chi connectivity index (χ0n) is 26.2. The molecule has 0 radical (unpaired) electrons. The smallest absolute Gasteiger partial charge is 0.478 e. The predicted molar refractivity (Wildman–Crippen MR) is 159 cm³/mol. The number of carbonyl (C=O) groups is 4. The minimum absolute atomic E-state index is 0.174. The van der Waals surface area contributed by atoms with E-state index < -0.39 is 63.0 Å². The molecular formula is C26H41N6O12P. The molecule has 0 aliphatic carbocycles. The van der Waals surface area contributed by atoms with E-state index in [-0.39, 0.29) is 17.8 Å². The summed E-state index contributed by atoms with van der Waals surface area (Å²) < 4.78 is 41.4. The first-order valence-corrected chi connectivity index (χ1v) is 15.3. The van der Waals surface area contributed by atoms with Crippen molar-refractivity contribution >= 4 is 48.6 Å². The Kier molecular flexibility index (Phi) is 15.6. The highest BCUT2D eigenvalue weighted by atomic mass is 31.2. The van der Waals surface area contributed by atoms with Crippen LogP contribution in [-0.2, 0) is 49.0 Å². The average molecular weight is 661 g/mol. The Balaban J connectivity index is 0.00000111. The number of hydrogen-bond donors (Lipinski definition) is 4. The number of aliphatic carboxylic acids is 2. The van der Waals surface area contributed by atoms with Crippen molar-refractivity contribution in [3.8, 4) is 0 Å². The number of aromatic nitrogens is 4. The second-order valence-electron chi connectivity index (χ2n) is 10.9. The molecule has 0 amide bonds. The van der Waals surface area contributed by atoms with Gasteiger partial charge in [-0.25, -0.2) is 34.4 Å². The van der Waals surface area contributed by atoms with Crippen LogP contribution >= 0.6 is 7.52 Å². The van der Waals surface area contributed by atoms with Gasteiger partial charge >= 0.3 is 24.1 Å². The number of carboxylic acids is 2. The van der Waals surface area contributed by atoms with Gasteiger partial charge in [-0.2, -0.15) is 0 Å². The lowest BCUT2D eigenvalue weighted by Gasteiger charge is -2.25. The standard InChI is InChI=1S/C22H37N6O8P.C4H4O4/c1-14(2)36-21(30)33-12-35-37(31,27-16(4)20(29)32-9-22(5,6)7)13-34-15(3)8-28-11-26-17-18(23)24-10-25-19(17)28;5-3(6)1-2-4(7)8/h10-11,14-16H,8-9,12-13H2,1-7H3,(H,27,31)(H2,23,24,25);1-2H,(H,5,6)(H,7,8)/b;2-1+/t15-,16+,37?;/m1./s1. The molecule has 0 fully saturated rings. The molecule has 19 heteroatoms. The third-order valence-corrected chi connectivity index (χ3v) is 6.73. The lowest BCUT2D eigenvalue weighted by atomic mass is 9.99. The minimum Gasteiger partial charge on any atom is -0.478 e. The van der Waals surface area contributed by atoms with E-state index >= 15 is 0 Å². The number of nitrogens with two attached hydrogens (primary N) is 1. The Labute approximate surface area is 259 Å². The summed E-state index contributed by atoms with van der Waals surface area (Å²) in [5.41, 5.74) is 6.56. The maximum Gasteiger partial charge on any atom is 0.510 e. The summed E-state index contributed by atoms with van der Waals surface area (Å²) in [4.78, 5) is 55.5. The first kappa shape index (κ1) is 38.9. The van der Waals surface area contributed by atoms with Crippen LogP contribution < -0.4 is 10.8 Å². The van der Waals surface area contributed by atoms with Crippen LogP contribution in [0.3, 0.4) is 0 Å². The van der Waals surface area contributed by atoms with Gasteiger partial charge in [-0.1, -0.05) is 20.8 Å². The fraction of sp³-hybridized carbons (Fsp3) is 0.577. The number of nitrogens with zero attached hydrogens (tertiary/aromatic N) is 4. The molecule has 0 aromatic carbocycles. The zero-order chi connectivity index (χ0) is 34.4. The maximum atomic E-state index is 13.5. The number of fused-ring (bicyclic) bond motifs is 1. The van der Waals surface area contributed by atoms with E-state index in [1.54, 1.807) is 31.7 Å². The van der Waals surface area contributed by atoms with Gasteiger partial charge < -0.3 is 39.5 Å². The summed E-state index contributed by atoms with van der Waals surface area (Å²) in [5, 5.41) is 18.3. The molecule has 0 aliphatic rings. The third-order valence-electron chi connectivity index (χ3n) is 4.94. The van der Waals surface area contributed by atoms with Gasteiger partial charge in [0.05, 0.1) is 31.7 Å². The molecule has 2 heterocycles. The number of carbonyl (C=O) groups excluding carboxylic acids is 2. The van der Waals surface area contributed by atoms with E-state index in [0.29, 0.717) is 29.9 Å². The number of anilines is 1. The number of ether oxygens (including phenoxy) is 4. The number of esters is 1. The van der Waals surface area contributed by atoms with Gasteiger partial charge in [-0.05, 0) is 33.1 Å². The summed E-state index contributed by atoms with van der Waals surface area (Å²) in [6.07, 6.45) is 1.69. The van der Waals surface area contributed by atoms with Crippen molar-refractivity contribution in [3.05, 3.63) is 24.8 Å². The summed E-state index contributed by atoms with van der Waals surface area (Å²) in [7, 11) is -3.86. The molecule has 18 nitrogen and oxygen atoms in total. The van der Waals surface area contributed by atoms with Crippen molar-refractivity contribution in [2.75, 3.05) is 25.5 Å². The predicted octanol–water partition coefficient (Wildman–Crippen LogP) is 2.78. The van der Waals surface area contributed by atoms with Gasteiger partial charge in [0, 0.05) is 12.2 Å². The molecular weight excluding hydrogens is 619 g/mol. The Morgan fingerprint density at radius 1 is 1.04 bits per heavy atom. The van der Waals surface area contributed by atoms with E-state index in [0.717, 1.165) is 0 Å². The summed E-state index contributed by atoms with van der Waals surface area (Å²) in [5.74, 6) is -2.88. The number of imidazole rings is 1. The van der Waals surface area contributed by atoms with Crippen LogP contribution in [0.5, 0.6) is 0 Å². The molecule has 1 unspecified atom stereocenters. The highest BCUT2D eigenvalue weighted by molar-refractivity contribution is 7.56. The summed E-state index contributed by atoms with van der Waals surface area (Å²) in [6, 6.07) is -0.994. The van der Waals surface area contributed by atoms with Crippen LogP contribution in [0, 0.1) is 5.41 Å². The normalized spacial score (nSPS) is 14.2. The van der Waals surface area contributed by atoms with Gasteiger partial charge in [0.25, 0.3) is 7.52 Å². The Morgan fingerprint density at radius 3 is 2.22 bits per heavy atom. The van der Waals surface area contributed by atoms with Gasteiger partial charge in [0.1, 0.15) is 24.2 Å².